The molecule has 0 saturated carbocycles. The molecule has 0 aliphatic heterocycles. The van der Waals surface area contributed by atoms with Crippen LogP contribution in [0, 0.1) is 5.92 Å². The first-order valence-electron chi connectivity index (χ1n) is 5.93. The molecule has 0 aromatic heterocycles. The van der Waals surface area contributed by atoms with Crippen molar-refractivity contribution in [2.24, 2.45) is 5.92 Å². The molecule has 0 aliphatic carbocycles. The minimum Gasteiger partial charge on any atom is -0.375 e. The Morgan fingerprint density at radius 1 is 1.20 bits per heavy atom. The van der Waals surface area contributed by atoms with Gasteiger partial charge in [-0.05, 0) is 33.6 Å². The highest BCUT2D eigenvalue weighted by Gasteiger charge is 2.09. The first kappa shape index (κ1) is 14.3. The monoisotopic (exact) mass is 209 g/mol. The van der Waals surface area contributed by atoms with Gasteiger partial charge in [-0.3, -0.25) is 0 Å². The van der Waals surface area contributed by atoms with Crippen molar-refractivity contribution in [2.45, 2.75) is 54.0 Å². The summed E-state index contributed by atoms with van der Waals surface area (Å²) in [6.45, 7) is 13.2. The van der Waals surface area contributed by atoms with Crippen molar-refractivity contribution in [3.8, 4) is 0 Å². The van der Waals surface area contributed by atoms with E-state index in [0.29, 0.717) is 12.0 Å². The summed E-state index contributed by atoms with van der Waals surface area (Å²) in [7, 11) is 2.18. The van der Waals surface area contributed by atoms with Crippen molar-refractivity contribution in [1.82, 2.24) is 4.90 Å². The van der Waals surface area contributed by atoms with E-state index >= 15 is 0 Å². The maximum absolute atomic E-state index is 2.37. The van der Waals surface area contributed by atoms with Crippen LogP contribution in [0.5, 0.6) is 0 Å². The van der Waals surface area contributed by atoms with Crippen LogP contribution in [0.15, 0.2) is 23.4 Å². The molecule has 0 atom stereocenters. The average molecular weight is 209 g/mol. The number of rotatable bonds is 5. The van der Waals surface area contributed by atoms with Crippen LogP contribution in [0.3, 0.4) is 0 Å². The highest BCUT2D eigenvalue weighted by molar-refractivity contribution is 5.13. The molecule has 15 heavy (non-hydrogen) atoms. The summed E-state index contributed by atoms with van der Waals surface area (Å²) in [4.78, 5) is 2.37. The van der Waals surface area contributed by atoms with E-state index in [1.807, 2.05) is 0 Å². The molecule has 0 saturated heterocycles. The number of nitrogens with zero attached hydrogens (tertiary/aromatic N) is 1. The van der Waals surface area contributed by atoms with Crippen LogP contribution in [0.25, 0.3) is 0 Å². The zero-order chi connectivity index (χ0) is 12.0. The summed E-state index contributed by atoms with van der Waals surface area (Å²) >= 11 is 0. The SMILES string of the molecule is CC=C(C)CC(=CC(C)C)N(C)C(C)C. The van der Waals surface area contributed by atoms with Gasteiger partial charge in [0.1, 0.15) is 0 Å². The second-order valence-electron chi connectivity index (χ2n) is 4.92. The molecule has 1 heteroatoms. The minimum absolute atomic E-state index is 0.569. The second kappa shape index (κ2) is 6.71. The van der Waals surface area contributed by atoms with Gasteiger partial charge in [-0.1, -0.05) is 31.6 Å². The van der Waals surface area contributed by atoms with E-state index in [-0.39, 0.29) is 0 Å². The molecule has 88 valence electrons. The largest absolute Gasteiger partial charge is 0.375 e. The normalized spacial score (nSPS) is 13.9. The molecule has 0 spiro atoms. The predicted molar refractivity (Wildman–Crippen MR) is 69.9 cm³/mol. The molecule has 0 heterocycles. The fourth-order valence-electron chi connectivity index (χ4n) is 1.41. The Hall–Kier alpha value is -0.720. The minimum atomic E-state index is 0.569. The molecule has 0 unspecified atom stereocenters. The predicted octanol–water partition coefficient (Wildman–Crippen LogP) is 4.22. The Labute approximate surface area is 95.9 Å². The standard InChI is InChI=1S/C14H27N/c1-8-13(6)10-14(9-11(2)3)15(7)12(4)5/h8-9,11-12H,10H2,1-7H3. The lowest BCUT2D eigenvalue weighted by atomic mass is 10.1. The third-order valence-corrected chi connectivity index (χ3v) is 2.71. The lowest BCUT2D eigenvalue weighted by Gasteiger charge is -2.28. The summed E-state index contributed by atoms with van der Waals surface area (Å²) in [5.41, 5.74) is 2.88. The average Bonchev–Trinajstić information content (AvgIpc) is 2.14. The first-order valence-corrected chi connectivity index (χ1v) is 5.93. The molecule has 1 nitrogen and oxygen atoms in total. The molecule has 0 N–H and O–H groups in total. The van der Waals surface area contributed by atoms with Gasteiger partial charge in [0, 0.05) is 25.2 Å². The first-order chi connectivity index (χ1) is 6.88. The summed E-state index contributed by atoms with van der Waals surface area (Å²) in [6.07, 6.45) is 5.64. The maximum Gasteiger partial charge on any atom is 0.0227 e. The molecule has 0 radical (unpaired) electrons. The molecule has 0 aromatic carbocycles. The Bertz CT molecular complexity index is 234. The van der Waals surface area contributed by atoms with Crippen LogP contribution < -0.4 is 0 Å². The van der Waals surface area contributed by atoms with Crippen molar-refractivity contribution >= 4 is 0 Å². The zero-order valence-corrected chi connectivity index (χ0v) is 11.5. The lowest BCUT2D eigenvalue weighted by Crippen LogP contribution is -2.26. The van der Waals surface area contributed by atoms with E-state index in [2.05, 4.69) is 65.6 Å². The molecular weight excluding hydrogens is 182 g/mol. The molecule has 0 rings (SSSR count). The summed E-state index contributed by atoms with van der Waals surface area (Å²) in [5, 5.41) is 0. The zero-order valence-electron chi connectivity index (χ0n) is 11.5. The van der Waals surface area contributed by atoms with E-state index in [1.165, 1.54) is 11.3 Å². The quantitative estimate of drug-likeness (QED) is 0.613. The van der Waals surface area contributed by atoms with Crippen LogP contribution in [-0.4, -0.2) is 18.0 Å². The van der Waals surface area contributed by atoms with Crippen LogP contribution in [0.1, 0.15) is 48.0 Å². The number of hydrogen-bond donors (Lipinski definition) is 0. The third kappa shape index (κ3) is 5.66. The molecule has 0 bridgehead atoms. The summed E-state index contributed by atoms with van der Waals surface area (Å²) < 4.78 is 0. The second-order valence-corrected chi connectivity index (χ2v) is 4.92. The Morgan fingerprint density at radius 2 is 1.73 bits per heavy atom. The van der Waals surface area contributed by atoms with Crippen LogP contribution in [0.2, 0.25) is 0 Å². The van der Waals surface area contributed by atoms with Gasteiger partial charge in [-0.25, -0.2) is 0 Å². The Balaban J connectivity index is 4.74. The Kier molecular flexibility index (Phi) is 6.38. The molecule has 0 amide bonds. The van der Waals surface area contributed by atoms with E-state index in [0.717, 1.165) is 6.42 Å². The van der Waals surface area contributed by atoms with Crippen molar-refractivity contribution in [2.75, 3.05) is 7.05 Å². The third-order valence-electron chi connectivity index (χ3n) is 2.71. The van der Waals surface area contributed by atoms with Gasteiger partial charge in [0.25, 0.3) is 0 Å². The van der Waals surface area contributed by atoms with E-state index in [1.54, 1.807) is 0 Å². The topological polar surface area (TPSA) is 3.24 Å². The lowest BCUT2D eigenvalue weighted by molar-refractivity contribution is 0.334. The summed E-state index contributed by atoms with van der Waals surface area (Å²) in [6, 6.07) is 0.569. The van der Waals surface area contributed by atoms with E-state index in [9.17, 15) is 0 Å². The number of allylic oxidation sites excluding steroid dienone is 3. The fraction of sp³-hybridized carbons (Fsp3) is 0.714. The fourth-order valence-corrected chi connectivity index (χ4v) is 1.41. The van der Waals surface area contributed by atoms with E-state index < -0.39 is 0 Å². The number of hydrogen-bond acceptors (Lipinski definition) is 1. The molecular formula is C14H27N. The van der Waals surface area contributed by atoms with Crippen molar-refractivity contribution in [3.63, 3.8) is 0 Å². The van der Waals surface area contributed by atoms with Crippen LogP contribution in [-0.2, 0) is 0 Å². The van der Waals surface area contributed by atoms with Gasteiger partial charge in [-0.2, -0.15) is 0 Å². The van der Waals surface area contributed by atoms with Gasteiger partial charge < -0.3 is 4.90 Å². The van der Waals surface area contributed by atoms with Crippen LogP contribution >= 0.6 is 0 Å². The van der Waals surface area contributed by atoms with Crippen molar-refractivity contribution < 1.29 is 0 Å². The van der Waals surface area contributed by atoms with Crippen molar-refractivity contribution in [1.29, 1.82) is 0 Å². The van der Waals surface area contributed by atoms with E-state index in [4.69, 9.17) is 0 Å². The highest BCUT2D eigenvalue weighted by atomic mass is 15.1. The van der Waals surface area contributed by atoms with Gasteiger partial charge in [0.05, 0.1) is 0 Å². The maximum atomic E-state index is 2.37. The Morgan fingerprint density at radius 3 is 2.07 bits per heavy atom. The van der Waals surface area contributed by atoms with Gasteiger partial charge in [-0.15, -0.1) is 0 Å². The van der Waals surface area contributed by atoms with Gasteiger partial charge in [0.15, 0.2) is 0 Å². The van der Waals surface area contributed by atoms with Gasteiger partial charge >= 0.3 is 0 Å². The smallest absolute Gasteiger partial charge is 0.0227 e. The molecule has 0 fully saturated rings. The van der Waals surface area contributed by atoms with Gasteiger partial charge in [0.2, 0.25) is 0 Å². The van der Waals surface area contributed by atoms with Crippen molar-refractivity contribution in [3.05, 3.63) is 23.4 Å². The highest BCUT2D eigenvalue weighted by Crippen LogP contribution is 2.18. The summed E-state index contributed by atoms with van der Waals surface area (Å²) in [5.74, 6) is 0.617. The molecule has 0 aromatic rings. The van der Waals surface area contributed by atoms with Crippen LogP contribution in [0.4, 0.5) is 0 Å². The molecule has 0 aliphatic rings.